The largest absolute Gasteiger partial charge is 0.338 e. The van der Waals surface area contributed by atoms with Crippen LogP contribution in [-0.2, 0) is 0 Å². The molecule has 1 aliphatic heterocycles. The molecule has 0 unspecified atom stereocenters. The maximum atomic E-state index is 12.5. The van der Waals surface area contributed by atoms with Gasteiger partial charge in [-0.3, -0.25) is 9.78 Å². The summed E-state index contributed by atoms with van der Waals surface area (Å²) in [6.45, 7) is 4.04. The molecule has 0 aliphatic carbocycles. The Labute approximate surface area is 177 Å². The minimum Gasteiger partial charge on any atom is -0.338 e. The molecule has 1 aliphatic rings. The Morgan fingerprint density at radius 2 is 2.00 bits per heavy atom. The van der Waals surface area contributed by atoms with Crippen LogP contribution in [0.25, 0.3) is 22.2 Å². The Balaban J connectivity index is 1.52. The normalized spacial score (nSPS) is 14.8. The number of anilines is 2. The second kappa shape index (κ2) is 7.97. The van der Waals surface area contributed by atoms with Gasteiger partial charge in [-0.25, -0.2) is 9.97 Å². The maximum absolute atomic E-state index is 12.5. The molecule has 7 nitrogen and oxygen atoms in total. The van der Waals surface area contributed by atoms with Crippen molar-refractivity contribution in [2.45, 2.75) is 25.7 Å². The summed E-state index contributed by atoms with van der Waals surface area (Å²) < 4.78 is 0. The number of H-pyrrole nitrogens is 1. The molecule has 152 valence electrons. The standard InChI is InChI=1S/C22H22N6OS/c1-13-26-19(12-30-13)18-10-15-6-9-24-22(29)20(15)21(28-18)27-16-2-3-17(25-11-16)14-4-7-23-8-5-14/h2-3,6,9-12,14,23H,4-5,7-8H2,1H3,(H,24,29)(H,27,28). The molecule has 4 aromatic heterocycles. The van der Waals surface area contributed by atoms with Crippen molar-refractivity contribution >= 4 is 33.6 Å². The van der Waals surface area contributed by atoms with Gasteiger partial charge >= 0.3 is 0 Å². The first-order valence-corrected chi connectivity index (χ1v) is 10.9. The highest BCUT2D eigenvalue weighted by Crippen LogP contribution is 2.29. The highest BCUT2D eigenvalue weighted by Gasteiger charge is 2.17. The van der Waals surface area contributed by atoms with Crippen molar-refractivity contribution in [2.24, 2.45) is 0 Å². The second-order valence-electron chi connectivity index (χ2n) is 7.50. The fourth-order valence-electron chi connectivity index (χ4n) is 3.89. The molecule has 0 aromatic carbocycles. The molecule has 8 heteroatoms. The van der Waals surface area contributed by atoms with Gasteiger partial charge in [-0.1, -0.05) is 0 Å². The number of pyridine rings is 3. The molecule has 0 radical (unpaired) electrons. The van der Waals surface area contributed by atoms with E-state index in [-0.39, 0.29) is 5.56 Å². The third-order valence-corrected chi connectivity index (χ3v) is 6.22. The average Bonchev–Trinajstić information content (AvgIpc) is 3.21. The van der Waals surface area contributed by atoms with Gasteiger partial charge in [0.25, 0.3) is 5.56 Å². The van der Waals surface area contributed by atoms with E-state index in [4.69, 9.17) is 4.98 Å². The van der Waals surface area contributed by atoms with Crippen molar-refractivity contribution in [1.29, 1.82) is 0 Å². The molecule has 1 fully saturated rings. The number of nitrogens with zero attached hydrogens (tertiary/aromatic N) is 3. The van der Waals surface area contributed by atoms with Crippen LogP contribution >= 0.6 is 11.3 Å². The summed E-state index contributed by atoms with van der Waals surface area (Å²) in [5.41, 5.74) is 3.28. The van der Waals surface area contributed by atoms with E-state index in [1.54, 1.807) is 17.5 Å². The van der Waals surface area contributed by atoms with Crippen LogP contribution in [-0.4, -0.2) is 33.0 Å². The lowest BCUT2D eigenvalue weighted by molar-refractivity contribution is 0.453. The Hall–Kier alpha value is -3.10. The van der Waals surface area contributed by atoms with Crippen LogP contribution < -0.4 is 16.2 Å². The smallest absolute Gasteiger partial charge is 0.259 e. The van der Waals surface area contributed by atoms with E-state index in [2.05, 4.69) is 31.7 Å². The van der Waals surface area contributed by atoms with Gasteiger partial charge in [-0.05, 0) is 62.5 Å². The number of hydrogen-bond acceptors (Lipinski definition) is 7. The fraction of sp³-hybridized carbons (Fsp3) is 0.273. The van der Waals surface area contributed by atoms with Gasteiger partial charge in [0, 0.05) is 23.2 Å². The highest BCUT2D eigenvalue weighted by atomic mass is 32.1. The SMILES string of the molecule is Cc1nc(-c2cc3cc[nH]c(=O)c3c(Nc3ccc(C4CCNCC4)nc3)n2)cs1. The fourth-order valence-corrected chi connectivity index (χ4v) is 4.50. The zero-order valence-electron chi connectivity index (χ0n) is 16.6. The Morgan fingerprint density at radius 1 is 1.13 bits per heavy atom. The summed E-state index contributed by atoms with van der Waals surface area (Å²) in [6.07, 6.45) is 5.69. The molecule has 5 rings (SSSR count). The number of fused-ring (bicyclic) bond motifs is 1. The van der Waals surface area contributed by atoms with E-state index in [1.165, 1.54) is 0 Å². The summed E-state index contributed by atoms with van der Waals surface area (Å²) in [6, 6.07) is 7.86. The third kappa shape index (κ3) is 3.71. The quantitative estimate of drug-likeness (QED) is 0.464. The van der Waals surface area contributed by atoms with Gasteiger partial charge in [-0.2, -0.15) is 0 Å². The van der Waals surface area contributed by atoms with Crippen LogP contribution in [0.2, 0.25) is 0 Å². The van der Waals surface area contributed by atoms with Crippen LogP contribution in [0.3, 0.4) is 0 Å². The molecular weight excluding hydrogens is 396 g/mol. The van der Waals surface area contributed by atoms with E-state index in [0.717, 1.165) is 59.1 Å². The Morgan fingerprint density at radius 3 is 2.73 bits per heavy atom. The van der Waals surface area contributed by atoms with Crippen molar-refractivity contribution in [3.8, 4) is 11.4 Å². The number of aromatic amines is 1. The molecule has 0 saturated carbocycles. The first-order chi connectivity index (χ1) is 14.7. The summed E-state index contributed by atoms with van der Waals surface area (Å²) in [5, 5.41) is 11.0. The van der Waals surface area contributed by atoms with Crippen molar-refractivity contribution in [2.75, 3.05) is 18.4 Å². The van der Waals surface area contributed by atoms with E-state index < -0.39 is 0 Å². The summed E-state index contributed by atoms with van der Waals surface area (Å²) in [4.78, 5) is 29.2. The first kappa shape index (κ1) is 18.9. The molecule has 5 heterocycles. The van der Waals surface area contributed by atoms with Gasteiger partial charge in [0.2, 0.25) is 0 Å². The highest BCUT2D eigenvalue weighted by molar-refractivity contribution is 7.09. The van der Waals surface area contributed by atoms with Gasteiger partial charge in [0.1, 0.15) is 5.82 Å². The van der Waals surface area contributed by atoms with E-state index in [9.17, 15) is 4.79 Å². The molecule has 0 spiro atoms. The van der Waals surface area contributed by atoms with Crippen LogP contribution in [0.4, 0.5) is 11.5 Å². The lowest BCUT2D eigenvalue weighted by Gasteiger charge is -2.22. The van der Waals surface area contributed by atoms with Crippen LogP contribution in [0, 0.1) is 6.92 Å². The lowest BCUT2D eigenvalue weighted by Crippen LogP contribution is -2.27. The van der Waals surface area contributed by atoms with Gasteiger partial charge < -0.3 is 15.6 Å². The van der Waals surface area contributed by atoms with Crippen molar-refractivity contribution in [1.82, 2.24) is 25.3 Å². The average molecular weight is 419 g/mol. The van der Waals surface area contributed by atoms with Crippen molar-refractivity contribution in [3.05, 3.63) is 63.1 Å². The molecule has 4 aromatic rings. The minimum absolute atomic E-state index is 0.178. The molecule has 0 atom stereocenters. The van der Waals surface area contributed by atoms with Gasteiger partial charge in [0.15, 0.2) is 0 Å². The van der Waals surface area contributed by atoms with Crippen molar-refractivity contribution in [3.63, 3.8) is 0 Å². The molecule has 1 saturated heterocycles. The first-order valence-electron chi connectivity index (χ1n) is 10.1. The zero-order chi connectivity index (χ0) is 20.5. The number of nitrogens with one attached hydrogen (secondary N) is 3. The maximum Gasteiger partial charge on any atom is 0.259 e. The lowest BCUT2D eigenvalue weighted by atomic mass is 9.94. The number of hydrogen-bond donors (Lipinski definition) is 3. The van der Waals surface area contributed by atoms with Crippen molar-refractivity contribution < 1.29 is 0 Å². The van der Waals surface area contributed by atoms with E-state index in [0.29, 0.717) is 17.1 Å². The van der Waals surface area contributed by atoms with Crippen LogP contribution in [0.15, 0.2) is 46.8 Å². The van der Waals surface area contributed by atoms with Crippen LogP contribution in [0.1, 0.15) is 29.5 Å². The summed E-state index contributed by atoms with van der Waals surface area (Å²) in [5.74, 6) is 1.00. The number of rotatable bonds is 4. The van der Waals surface area contributed by atoms with Gasteiger partial charge in [-0.15, -0.1) is 11.3 Å². The number of aromatic nitrogens is 4. The molecule has 30 heavy (non-hydrogen) atoms. The Kier molecular flexibility index (Phi) is 5.02. The third-order valence-electron chi connectivity index (χ3n) is 5.44. The number of piperidine rings is 1. The predicted molar refractivity (Wildman–Crippen MR) is 121 cm³/mol. The van der Waals surface area contributed by atoms with Crippen LogP contribution in [0.5, 0.6) is 0 Å². The molecule has 0 bridgehead atoms. The number of aryl methyl sites for hydroxylation is 1. The molecule has 0 amide bonds. The van der Waals surface area contributed by atoms with E-state index in [1.807, 2.05) is 36.7 Å². The minimum atomic E-state index is -0.178. The Bertz CT molecular complexity index is 1240. The summed E-state index contributed by atoms with van der Waals surface area (Å²) >= 11 is 1.58. The predicted octanol–water partition coefficient (Wildman–Crippen LogP) is 3.96. The van der Waals surface area contributed by atoms with Gasteiger partial charge in [0.05, 0.1) is 33.7 Å². The summed E-state index contributed by atoms with van der Waals surface area (Å²) in [7, 11) is 0. The molecular formula is C22H22N6OS. The molecule has 3 N–H and O–H groups in total. The number of thiazole rings is 1. The van der Waals surface area contributed by atoms with E-state index >= 15 is 0 Å². The monoisotopic (exact) mass is 418 g/mol. The zero-order valence-corrected chi connectivity index (χ0v) is 17.4. The second-order valence-corrected chi connectivity index (χ2v) is 8.56. The topological polar surface area (TPSA) is 95.6 Å².